The van der Waals surface area contributed by atoms with Crippen molar-refractivity contribution in [3.05, 3.63) is 55.9 Å². The minimum atomic E-state index is 0.426. The largest absolute Gasteiger partial charge is 0.250 e. The standard InChI is InChI=1S/C14H11ClN4S2/c1-9-6-7-21-12(9)8-16-19-13(17-18-14(19)20)10-4-2-3-5-11(10)15/h2-8H,1H3,(H,18,20). The van der Waals surface area contributed by atoms with Crippen LogP contribution in [0.2, 0.25) is 5.02 Å². The Morgan fingerprint density at radius 2 is 2.19 bits per heavy atom. The number of rotatable bonds is 3. The van der Waals surface area contributed by atoms with Gasteiger partial charge in [-0.05, 0) is 48.3 Å². The Kier molecular flexibility index (Phi) is 4.01. The summed E-state index contributed by atoms with van der Waals surface area (Å²) in [7, 11) is 0. The minimum absolute atomic E-state index is 0.426. The molecule has 0 atom stereocenters. The maximum absolute atomic E-state index is 6.21. The van der Waals surface area contributed by atoms with Crippen LogP contribution in [0.3, 0.4) is 0 Å². The first-order valence-electron chi connectivity index (χ1n) is 6.17. The molecule has 0 radical (unpaired) electrons. The third-order valence-electron chi connectivity index (χ3n) is 2.96. The number of benzene rings is 1. The van der Waals surface area contributed by atoms with Gasteiger partial charge in [-0.1, -0.05) is 23.7 Å². The number of H-pyrrole nitrogens is 1. The van der Waals surface area contributed by atoms with Crippen LogP contribution in [0.4, 0.5) is 0 Å². The first-order chi connectivity index (χ1) is 10.2. The lowest BCUT2D eigenvalue weighted by molar-refractivity contribution is 0.872. The van der Waals surface area contributed by atoms with Crippen LogP contribution in [0, 0.1) is 11.7 Å². The van der Waals surface area contributed by atoms with E-state index in [0.717, 1.165) is 10.4 Å². The topological polar surface area (TPSA) is 46.0 Å². The van der Waals surface area contributed by atoms with E-state index in [4.69, 9.17) is 23.8 Å². The van der Waals surface area contributed by atoms with Crippen molar-refractivity contribution in [2.75, 3.05) is 0 Å². The Balaban J connectivity index is 2.07. The first-order valence-corrected chi connectivity index (χ1v) is 7.84. The summed E-state index contributed by atoms with van der Waals surface area (Å²) in [6.07, 6.45) is 1.78. The van der Waals surface area contributed by atoms with Gasteiger partial charge in [0.2, 0.25) is 4.77 Å². The summed E-state index contributed by atoms with van der Waals surface area (Å²) in [5.74, 6) is 0.594. The lowest BCUT2D eigenvalue weighted by Crippen LogP contribution is -1.95. The second-order valence-corrected chi connectivity index (χ2v) is 6.10. The molecule has 0 aliphatic heterocycles. The van der Waals surface area contributed by atoms with Crippen LogP contribution < -0.4 is 0 Å². The van der Waals surface area contributed by atoms with Gasteiger partial charge in [-0.3, -0.25) is 0 Å². The molecule has 0 saturated heterocycles. The molecular formula is C14H11ClN4S2. The number of aromatic amines is 1. The summed E-state index contributed by atoms with van der Waals surface area (Å²) >= 11 is 13.1. The van der Waals surface area contributed by atoms with Gasteiger partial charge in [-0.2, -0.15) is 14.9 Å². The molecule has 0 bridgehead atoms. The van der Waals surface area contributed by atoms with Crippen molar-refractivity contribution >= 4 is 41.4 Å². The zero-order valence-corrected chi connectivity index (χ0v) is 13.5. The summed E-state index contributed by atoms with van der Waals surface area (Å²) in [4.78, 5) is 1.09. The number of nitrogens with one attached hydrogen (secondary N) is 1. The smallest absolute Gasteiger partial charge is 0.216 e. The average Bonchev–Trinajstić information content (AvgIpc) is 3.04. The van der Waals surface area contributed by atoms with E-state index in [0.29, 0.717) is 15.6 Å². The lowest BCUT2D eigenvalue weighted by Gasteiger charge is -2.02. The molecule has 1 aromatic carbocycles. The Labute approximate surface area is 135 Å². The van der Waals surface area contributed by atoms with Crippen LogP contribution >= 0.6 is 35.2 Å². The Bertz CT molecular complexity index is 860. The molecule has 2 aromatic heterocycles. The predicted octanol–water partition coefficient (Wildman–Crippen LogP) is 4.51. The van der Waals surface area contributed by atoms with E-state index in [-0.39, 0.29) is 0 Å². The minimum Gasteiger partial charge on any atom is -0.250 e. The zero-order chi connectivity index (χ0) is 14.8. The van der Waals surface area contributed by atoms with Gasteiger partial charge >= 0.3 is 0 Å². The summed E-state index contributed by atoms with van der Waals surface area (Å²) in [6.45, 7) is 2.04. The second kappa shape index (κ2) is 5.93. The van der Waals surface area contributed by atoms with Gasteiger partial charge in [0.25, 0.3) is 0 Å². The molecule has 0 unspecified atom stereocenters. The summed E-state index contributed by atoms with van der Waals surface area (Å²) in [5.41, 5.74) is 1.96. The molecule has 0 aliphatic carbocycles. The zero-order valence-electron chi connectivity index (χ0n) is 11.1. The number of halogens is 1. The van der Waals surface area contributed by atoms with Crippen LogP contribution in [-0.4, -0.2) is 21.1 Å². The van der Waals surface area contributed by atoms with Crippen LogP contribution in [0.1, 0.15) is 10.4 Å². The fraction of sp³-hybridized carbons (Fsp3) is 0.0714. The van der Waals surface area contributed by atoms with E-state index >= 15 is 0 Å². The Hall–Kier alpha value is -1.76. The maximum Gasteiger partial charge on any atom is 0.216 e. The third-order valence-corrected chi connectivity index (χ3v) is 4.50. The van der Waals surface area contributed by atoms with E-state index in [1.54, 1.807) is 22.2 Å². The summed E-state index contributed by atoms with van der Waals surface area (Å²) in [6, 6.07) is 9.52. The van der Waals surface area contributed by atoms with Crippen molar-refractivity contribution in [1.29, 1.82) is 0 Å². The average molecular weight is 335 g/mol. The summed E-state index contributed by atoms with van der Waals surface area (Å²) < 4.78 is 2.01. The lowest BCUT2D eigenvalue weighted by atomic mass is 10.2. The van der Waals surface area contributed by atoms with E-state index in [1.807, 2.05) is 36.6 Å². The van der Waals surface area contributed by atoms with E-state index in [9.17, 15) is 0 Å². The van der Waals surface area contributed by atoms with Gasteiger partial charge in [0.05, 0.1) is 16.1 Å². The molecule has 0 saturated carbocycles. The second-order valence-electron chi connectivity index (χ2n) is 4.36. The molecule has 3 rings (SSSR count). The number of hydrogen-bond acceptors (Lipinski definition) is 4. The predicted molar refractivity (Wildman–Crippen MR) is 89.9 cm³/mol. The van der Waals surface area contributed by atoms with Crippen LogP contribution in [0.5, 0.6) is 0 Å². The first kappa shape index (κ1) is 14.2. The molecule has 0 amide bonds. The fourth-order valence-electron chi connectivity index (χ4n) is 1.84. The highest BCUT2D eigenvalue weighted by atomic mass is 35.5. The third kappa shape index (κ3) is 2.83. The van der Waals surface area contributed by atoms with Gasteiger partial charge in [0.1, 0.15) is 0 Å². The van der Waals surface area contributed by atoms with Crippen molar-refractivity contribution in [3.8, 4) is 11.4 Å². The Morgan fingerprint density at radius 1 is 1.38 bits per heavy atom. The normalized spacial score (nSPS) is 11.3. The van der Waals surface area contributed by atoms with E-state index in [1.165, 1.54) is 5.56 Å². The SMILES string of the molecule is Cc1ccsc1C=Nn1c(-c2ccccc2Cl)n[nH]c1=S. The molecule has 21 heavy (non-hydrogen) atoms. The Morgan fingerprint density at radius 3 is 2.90 bits per heavy atom. The molecule has 0 spiro atoms. The molecule has 2 heterocycles. The molecule has 106 valence electrons. The number of thiophene rings is 1. The number of aromatic nitrogens is 3. The van der Waals surface area contributed by atoms with Gasteiger partial charge < -0.3 is 0 Å². The molecule has 3 aromatic rings. The monoisotopic (exact) mass is 334 g/mol. The maximum atomic E-state index is 6.21. The van der Waals surface area contributed by atoms with E-state index < -0.39 is 0 Å². The highest BCUT2D eigenvalue weighted by molar-refractivity contribution is 7.71. The van der Waals surface area contributed by atoms with Crippen molar-refractivity contribution in [2.24, 2.45) is 5.10 Å². The van der Waals surface area contributed by atoms with Crippen LogP contribution in [0.15, 0.2) is 40.8 Å². The van der Waals surface area contributed by atoms with Gasteiger partial charge in [0.15, 0.2) is 5.82 Å². The van der Waals surface area contributed by atoms with E-state index in [2.05, 4.69) is 21.4 Å². The van der Waals surface area contributed by atoms with Gasteiger partial charge in [-0.25, -0.2) is 5.10 Å². The van der Waals surface area contributed by atoms with Crippen LogP contribution in [-0.2, 0) is 0 Å². The molecule has 0 fully saturated rings. The number of hydrogen-bond donors (Lipinski definition) is 1. The highest BCUT2D eigenvalue weighted by Gasteiger charge is 2.11. The van der Waals surface area contributed by atoms with Crippen molar-refractivity contribution in [1.82, 2.24) is 14.9 Å². The molecule has 7 heteroatoms. The van der Waals surface area contributed by atoms with Gasteiger partial charge in [-0.15, -0.1) is 11.3 Å². The van der Waals surface area contributed by atoms with Crippen molar-refractivity contribution in [3.63, 3.8) is 0 Å². The van der Waals surface area contributed by atoms with Crippen molar-refractivity contribution < 1.29 is 0 Å². The summed E-state index contributed by atoms with van der Waals surface area (Å²) in [5, 5.41) is 14.0. The fourth-order valence-corrected chi connectivity index (χ4v) is 3.02. The van der Waals surface area contributed by atoms with Gasteiger partial charge in [0, 0.05) is 5.56 Å². The molecule has 0 aliphatic rings. The highest BCUT2D eigenvalue weighted by Crippen LogP contribution is 2.26. The molecule has 4 nitrogen and oxygen atoms in total. The van der Waals surface area contributed by atoms with Crippen molar-refractivity contribution in [2.45, 2.75) is 6.92 Å². The quantitative estimate of drug-likeness (QED) is 0.565. The van der Waals surface area contributed by atoms with Crippen LogP contribution in [0.25, 0.3) is 11.4 Å². The molecular weight excluding hydrogens is 324 g/mol. The number of nitrogens with zero attached hydrogens (tertiary/aromatic N) is 3. The molecule has 1 N–H and O–H groups in total. The number of aryl methyl sites for hydroxylation is 1.